The van der Waals surface area contributed by atoms with Crippen LogP contribution in [0, 0.1) is 24.0 Å². The fraction of sp³-hybridized carbons (Fsp3) is 0.143. The molecule has 0 radical (unpaired) electrons. The lowest BCUT2D eigenvalue weighted by Gasteiger charge is -2.08. The summed E-state index contributed by atoms with van der Waals surface area (Å²) in [6, 6.07) is 9.55. The summed E-state index contributed by atoms with van der Waals surface area (Å²) in [5, 5.41) is 14.3. The molecule has 2 aromatic rings. The van der Waals surface area contributed by atoms with E-state index in [1.165, 1.54) is 18.2 Å². The van der Waals surface area contributed by atoms with Crippen LogP contribution in [0.1, 0.15) is 11.1 Å². The number of ether oxygens (including phenoxy) is 1. The van der Waals surface area contributed by atoms with Crippen LogP contribution in [0.25, 0.3) is 10.4 Å². The van der Waals surface area contributed by atoms with Crippen molar-refractivity contribution in [3.05, 3.63) is 68.1 Å². The smallest absolute Gasteiger partial charge is 0.273 e. The lowest BCUT2D eigenvalue weighted by atomic mass is 10.1. The predicted molar refractivity (Wildman–Crippen MR) is 77.9 cm³/mol. The molecule has 0 unspecified atom stereocenters. The van der Waals surface area contributed by atoms with Crippen molar-refractivity contribution in [1.29, 1.82) is 0 Å². The van der Waals surface area contributed by atoms with Gasteiger partial charge in [-0.3, -0.25) is 10.1 Å². The molecule has 0 aliphatic rings. The summed E-state index contributed by atoms with van der Waals surface area (Å²) in [5.41, 5.74) is 10.4. The Hall–Kier alpha value is -3.05. The van der Waals surface area contributed by atoms with Crippen molar-refractivity contribution < 1.29 is 9.66 Å². The van der Waals surface area contributed by atoms with Crippen LogP contribution in [0.4, 0.5) is 11.4 Å². The SMILES string of the molecule is Cc1cc(C)cc(Oc2cc(N=[N+]=[N-])cc([N+](=O)[O-])c2)c1. The Kier molecular flexibility index (Phi) is 4.06. The van der Waals surface area contributed by atoms with Gasteiger partial charge in [0.05, 0.1) is 11.0 Å². The largest absolute Gasteiger partial charge is 0.457 e. The Labute approximate surface area is 120 Å². The van der Waals surface area contributed by atoms with Crippen LogP contribution < -0.4 is 4.74 Å². The molecule has 0 aliphatic heterocycles. The standard InChI is InChI=1S/C14H12N4O3/c1-9-3-10(2)5-13(4-9)21-14-7-11(16-17-15)6-12(8-14)18(19)20/h3-8H,1-2H3. The van der Waals surface area contributed by atoms with E-state index >= 15 is 0 Å². The summed E-state index contributed by atoms with van der Waals surface area (Å²) in [6.07, 6.45) is 0. The number of non-ortho nitro benzene ring substituents is 1. The number of rotatable bonds is 4. The molecule has 0 heterocycles. The molecule has 0 amide bonds. The van der Waals surface area contributed by atoms with Gasteiger partial charge in [0.2, 0.25) is 0 Å². The third-order valence-electron chi connectivity index (χ3n) is 2.68. The first-order valence-corrected chi connectivity index (χ1v) is 6.08. The van der Waals surface area contributed by atoms with E-state index in [9.17, 15) is 10.1 Å². The molecule has 0 atom stereocenters. The molecule has 0 spiro atoms. The molecule has 21 heavy (non-hydrogen) atoms. The number of aryl methyl sites for hydroxylation is 2. The van der Waals surface area contributed by atoms with Crippen LogP contribution in [-0.4, -0.2) is 4.92 Å². The van der Waals surface area contributed by atoms with E-state index in [0.29, 0.717) is 5.75 Å². The molecule has 106 valence electrons. The highest BCUT2D eigenvalue weighted by atomic mass is 16.6. The van der Waals surface area contributed by atoms with Gasteiger partial charge in [-0.2, -0.15) is 0 Å². The zero-order chi connectivity index (χ0) is 15.4. The van der Waals surface area contributed by atoms with Gasteiger partial charge in [-0.25, -0.2) is 0 Å². The topological polar surface area (TPSA) is 101 Å². The van der Waals surface area contributed by atoms with Crippen molar-refractivity contribution in [1.82, 2.24) is 0 Å². The van der Waals surface area contributed by atoms with Crippen LogP contribution in [0.2, 0.25) is 0 Å². The summed E-state index contributed by atoms with van der Waals surface area (Å²) < 4.78 is 5.63. The average Bonchev–Trinajstić information content (AvgIpc) is 2.37. The van der Waals surface area contributed by atoms with Crippen LogP contribution >= 0.6 is 0 Å². The highest BCUT2D eigenvalue weighted by Crippen LogP contribution is 2.31. The maximum atomic E-state index is 10.9. The lowest BCUT2D eigenvalue weighted by Crippen LogP contribution is -1.91. The second-order valence-electron chi connectivity index (χ2n) is 4.56. The Morgan fingerprint density at radius 2 is 1.71 bits per heavy atom. The van der Waals surface area contributed by atoms with Crippen molar-refractivity contribution in [2.75, 3.05) is 0 Å². The lowest BCUT2D eigenvalue weighted by molar-refractivity contribution is -0.384. The van der Waals surface area contributed by atoms with E-state index < -0.39 is 4.92 Å². The molecule has 0 N–H and O–H groups in total. The van der Waals surface area contributed by atoms with E-state index in [1.807, 2.05) is 32.0 Å². The molecule has 0 saturated heterocycles. The molecule has 7 heteroatoms. The zero-order valence-corrected chi connectivity index (χ0v) is 11.5. The van der Waals surface area contributed by atoms with E-state index in [0.717, 1.165) is 11.1 Å². The Balaban J connectivity index is 2.42. The fourth-order valence-corrected chi connectivity index (χ4v) is 1.97. The molecular formula is C14H12N4O3. The summed E-state index contributed by atoms with van der Waals surface area (Å²) in [7, 11) is 0. The average molecular weight is 284 g/mol. The highest BCUT2D eigenvalue weighted by molar-refractivity contribution is 5.54. The third kappa shape index (κ3) is 3.71. The zero-order valence-electron chi connectivity index (χ0n) is 11.5. The van der Waals surface area contributed by atoms with E-state index in [2.05, 4.69) is 10.0 Å². The minimum Gasteiger partial charge on any atom is -0.457 e. The van der Waals surface area contributed by atoms with E-state index in [4.69, 9.17) is 10.3 Å². The van der Waals surface area contributed by atoms with Crippen LogP contribution in [-0.2, 0) is 0 Å². The molecule has 0 aromatic heterocycles. The summed E-state index contributed by atoms with van der Waals surface area (Å²) in [4.78, 5) is 13.0. The van der Waals surface area contributed by atoms with Gasteiger partial charge >= 0.3 is 0 Å². The summed E-state index contributed by atoms with van der Waals surface area (Å²) in [6.45, 7) is 3.86. The molecule has 0 saturated carbocycles. The highest BCUT2D eigenvalue weighted by Gasteiger charge is 2.11. The van der Waals surface area contributed by atoms with Gasteiger partial charge in [-0.05, 0) is 48.7 Å². The van der Waals surface area contributed by atoms with E-state index in [1.54, 1.807) is 0 Å². The van der Waals surface area contributed by atoms with Gasteiger partial charge in [0.1, 0.15) is 11.5 Å². The molecule has 0 aliphatic carbocycles. The summed E-state index contributed by atoms with van der Waals surface area (Å²) >= 11 is 0. The van der Waals surface area contributed by atoms with E-state index in [-0.39, 0.29) is 17.1 Å². The normalized spacial score (nSPS) is 9.81. The van der Waals surface area contributed by atoms with Crippen molar-refractivity contribution >= 4 is 11.4 Å². The monoisotopic (exact) mass is 284 g/mol. The molecule has 7 nitrogen and oxygen atoms in total. The van der Waals surface area contributed by atoms with Crippen LogP contribution in [0.5, 0.6) is 11.5 Å². The van der Waals surface area contributed by atoms with Gasteiger partial charge in [-0.1, -0.05) is 11.2 Å². The number of nitrogens with zero attached hydrogens (tertiary/aromatic N) is 4. The van der Waals surface area contributed by atoms with Crippen molar-refractivity contribution in [3.63, 3.8) is 0 Å². The van der Waals surface area contributed by atoms with Crippen LogP contribution in [0.3, 0.4) is 0 Å². The minimum atomic E-state index is -0.565. The first-order valence-electron chi connectivity index (χ1n) is 6.08. The van der Waals surface area contributed by atoms with Crippen molar-refractivity contribution in [2.45, 2.75) is 13.8 Å². The van der Waals surface area contributed by atoms with Gasteiger partial charge in [0.25, 0.3) is 5.69 Å². The van der Waals surface area contributed by atoms with Gasteiger partial charge in [-0.15, -0.1) is 0 Å². The molecule has 0 fully saturated rings. The minimum absolute atomic E-state index is 0.131. The maximum Gasteiger partial charge on any atom is 0.273 e. The number of nitro groups is 1. The number of nitro benzene ring substituents is 1. The number of hydrogen-bond donors (Lipinski definition) is 0. The van der Waals surface area contributed by atoms with Crippen molar-refractivity contribution in [2.24, 2.45) is 5.11 Å². The number of benzene rings is 2. The molecule has 2 rings (SSSR count). The number of azide groups is 1. The Bertz CT molecular complexity index is 711. The first kappa shape index (κ1) is 14.4. The maximum absolute atomic E-state index is 10.9. The Morgan fingerprint density at radius 3 is 2.29 bits per heavy atom. The molecular weight excluding hydrogens is 272 g/mol. The fourth-order valence-electron chi connectivity index (χ4n) is 1.97. The predicted octanol–water partition coefficient (Wildman–Crippen LogP) is 4.95. The van der Waals surface area contributed by atoms with Crippen molar-refractivity contribution in [3.8, 4) is 11.5 Å². The Morgan fingerprint density at radius 1 is 1.10 bits per heavy atom. The van der Waals surface area contributed by atoms with Gasteiger partial charge in [0.15, 0.2) is 0 Å². The quantitative estimate of drug-likeness (QED) is 0.261. The molecule has 0 bridgehead atoms. The third-order valence-corrected chi connectivity index (χ3v) is 2.68. The van der Waals surface area contributed by atoms with Gasteiger partial charge < -0.3 is 4.74 Å². The summed E-state index contributed by atoms with van der Waals surface area (Å²) in [5.74, 6) is 0.816. The van der Waals surface area contributed by atoms with Crippen LogP contribution in [0.15, 0.2) is 41.5 Å². The first-order chi connectivity index (χ1) is 9.97. The van der Waals surface area contributed by atoms with Gasteiger partial charge in [0, 0.05) is 16.7 Å². The second kappa shape index (κ2) is 5.94. The second-order valence-corrected chi connectivity index (χ2v) is 4.56. The number of hydrogen-bond acceptors (Lipinski definition) is 4. The molecule has 2 aromatic carbocycles.